The van der Waals surface area contributed by atoms with Crippen LogP contribution in [0.4, 0.5) is 0 Å². The molecule has 1 aliphatic heterocycles. The number of hydrogen-bond acceptors (Lipinski definition) is 4. The maximum atomic E-state index is 13.0. The fraction of sp³-hybridized carbons (Fsp3) is 0.160. The molecule has 1 atom stereocenters. The monoisotopic (exact) mass is 399 g/mol. The van der Waals surface area contributed by atoms with E-state index < -0.39 is 23.7 Å². The van der Waals surface area contributed by atoms with Crippen molar-refractivity contribution in [2.45, 2.75) is 19.3 Å². The van der Waals surface area contributed by atoms with Crippen molar-refractivity contribution in [3.63, 3.8) is 0 Å². The van der Waals surface area contributed by atoms with E-state index in [1.54, 1.807) is 24.3 Å². The molecule has 0 aromatic heterocycles. The van der Waals surface area contributed by atoms with E-state index in [2.05, 4.69) is 0 Å². The summed E-state index contributed by atoms with van der Waals surface area (Å²) in [6.07, 6.45) is 1.70. The van der Waals surface area contributed by atoms with Crippen LogP contribution in [0, 0.1) is 5.92 Å². The van der Waals surface area contributed by atoms with Gasteiger partial charge in [-0.3, -0.25) is 9.59 Å². The molecule has 5 heteroatoms. The van der Waals surface area contributed by atoms with Crippen molar-refractivity contribution in [3.8, 4) is 0 Å². The summed E-state index contributed by atoms with van der Waals surface area (Å²) >= 11 is 0. The van der Waals surface area contributed by atoms with Gasteiger partial charge in [-0.2, -0.15) is 0 Å². The number of fused-ring (bicyclic) bond motifs is 1. The second kappa shape index (κ2) is 8.74. The van der Waals surface area contributed by atoms with E-state index in [0.29, 0.717) is 24.3 Å². The Morgan fingerprint density at radius 2 is 1.23 bits per heavy atom. The lowest BCUT2D eigenvalue weighted by Gasteiger charge is -2.19. The topological polar surface area (TPSA) is 63.7 Å². The summed E-state index contributed by atoms with van der Waals surface area (Å²) in [6.45, 7) is 0. The summed E-state index contributed by atoms with van der Waals surface area (Å²) < 4.78 is 0. The molecule has 0 bridgehead atoms. The number of carbonyl (C=O) groups excluding carboxylic acids is 3. The Labute approximate surface area is 174 Å². The van der Waals surface area contributed by atoms with Crippen LogP contribution >= 0.6 is 0 Å². The molecule has 0 saturated heterocycles. The Kier molecular flexibility index (Phi) is 5.70. The van der Waals surface area contributed by atoms with Gasteiger partial charge in [0.05, 0.1) is 17.0 Å². The molecule has 5 nitrogen and oxygen atoms in total. The highest BCUT2D eigenvalue weighted by Crippen LogP contribution is 2.25. The van der Waals surface area contributed by atoms with Crippen molar-refractivity contribution in [1.29, 1.82) is 0 Å². The molecule has 0 saturated carbocycles. The lowest BCUT2D eigenvalue weighted by Crippen LogP contribution is -2.35. The maximum Gasteiger partial charge on any atom is 0.336 e. The normalized spacial score (nSPS) is 13.8. The molecule has 0 radical (unpaired) electrons. The third-order valence-corrected chi connectivity index (χ3v) is 5.22. The van der Waals surface area contributed by atoms with Gasteiger partial charge >= 0.3 is 5.97 Å². The summed E-state index contributed by atoms with van der Waals surface area (Å²) in [5.41, 5.74) is 2.61. The minimum absolute atomic E-state index is 0.249. The molecule has 1 unspecified atom stereocenters. The Hall–Kier alpha value is -3.73. The van der Waals surface area contributed by atoms with Crippen LogP contribution in [0.25, 0.3) is 0 Å². The number of carbonyl (C=O) groups is 3. The second-order valence-electron chi connectivity index (χ2n) is 7.27. The third-order valence-electron chi connectivity index (χ3n) is 5.22. The number of aryl methyl sites for hydroxylation is 1. The van der Waals surface area contributed by atoms with Crippen LogP contribution in [0.1, 0.15) is 38.3 Å². The number of imide groups is 1. The van der Waals surface area contributed by atoms with E-state index in [-0.39, 0.29) is 11.1 Å². The van der Waals surface area contributed by atoms with Crippen molar-refractivity contribution < 1.29 is 19.2 Å². The molecule has 1 heterocycles. The fourth-order valence-corrected chi connectivity index (χ4v) is 3.60. The van der Waals surface area contributed by atoms with Gasteiger partial charge in [-0.1, -0.05) is 77.9 Å². The van der Waals surface area contributed by atoms with E-state index in [1.165, 1.54) is 0 Å². The SMILES string of the molecule is O=C(ON1C(=O)c2ccccc2C1=O)C(CCc1ccccc1)Cc1ccccc1. The molecular weight excluding hydrogens is 378 g/mol. The van der Waals surface area contributed by atoms with E-state index in [9.17, 15) is 14.4 Å². The fourth-order valence-electron chi connectivity index (χ4n) is 3.60. The van der Waals surface area contributed by atoms with Crippen molar-refractivity contribution in [2.75, 3.05) is 0 Å². The lowest BCUT2D eigenvalue weighted by atomic mass is 9.93. The largest absolute Gasteiger partial charge is 0.336 e. The molecule has 0 N–H and O–H groups in total. The second-order valence-corrected chi connectivity index (χ2v) is 7.27. The Bertz CT molecular complexity index is 1030. The minimum atomic E-state index is -0.606. The molecular formula is C25H21NO4. The van der Waals surface area contributed by atoms with Gasteiger partial charge in [0.1, 0.15) is 0 Å². The highest BCUT2D eigenvalue weighted by atomic mass is 16.7. The highest BCUT2D eigenvalue weighted by molar-refractivity contribution is 6.20. The molecule has 4 rings (SSSR count). The van der Waals surface area contributed by atoms with E-state index in [1.807, 2.05) is 60.7 Å². The van der Waals surface area contributed by atoms with Crippen molar-refractivity contribution in [3.05, 3.63) is 107 Å². The van der Waals surface area contributed by atoms with Crippen molar-refractivity contribution >= 4 is 17.8 Å². The van der Waals surface area contributed by atoms with Crippen LogP contribution in [-0.4, -0.2) is 22.8 Å². The first-order valence-corrected chi connectivity index (χ1v) is 9.91. The number of hydroxylamine groups is 2. The van der Waals surface area contributed by atoms with Crippen molar-refractivity contribution in [2.24, 2.45) is 5.92 Å². The third kappa shape index (κ3) is 4.15. The summed E-state index contributed by atoms with van der Waals surface area (Å²) in [4.78, 5) is 43.4. The molecule has 30 heavy (non-hydrogen) atoms. The summed E-state index contributed by atoms with van der Waals surface area (Å²) in [6, 6.07) is 26.0. The molecule has 0 fully saturated rings. The molecule has 2 amide bonds. The number of benzene rings is 3. The Morgan fingerprint density at radius 3 is 1.80 bits per heavy atom. The number of amides is 2. The van der Waals surface area contributed by atoms with Gasteiger partial charge in [-0.15, -0.1) is 0 Å². The maximum absolute atomic E-state index is 13.0. The van der Waals surface area contributed by atoms with Gasteiger partial charge in [0.2, 0.25) is 0 Å². The van der Waals surface area contributed by atoms with Crippen LogP contribution in [0.5, 0.6) is 0 Å². The Morgan fingerprint density at radius 1 is 0.733 bits per heavy atom. The first kappa shape index (κ1) is 19.6. The van der Waals surface area contributed by atoms with E-state index in [0.717, 1.165) is 11.1 Å². The summed E-state index contributed by atoms with van der Waals surface area (Å²) in [5, 5.41) is 0.591. The average molecular weight is 399 g/mol. The van der Waals surface area contributed by atoms with Gasteiger partial charge in [0.25, 0.3) is 11.8 Å². The first-order chi connectivity index (χ1) is 14.6. The highest BCUT2D eigenvalue weighted by Gasteiger charge is 2.39. The Balaban J connectivity index is 1.50. The minimum Gasteiger partial charge on any atom is -0.329 e. The van der Waals surface area contributed by atoms with Gasteiger partial charge in [0.15, 0.2) is 0 Å². The predicted molar refractivity (Wildman–Crippen MR) is 111 cm³/mol. The quantitative estimate of drug-likeness (QED) is 0.558. The van der Waals surface area contributed by atoms with Crippen LogP contribution in [0.15, 0.2) is 84.9 Å². The zero-order valence-corrected chi connectivity index (χ0v) is 16.4. The standard InChI is InChI=1S/C25H21NO4/c27-23-21-13-7-8-14-22(21)24(28)26(23)30-25(29)20(17-19-11-5-2-6-12-19)16-15-18-9-3-1-4-10-18/h1-14,20H,15-17H2. The lowest BCUT2D eigenvalue weighted by molar-refractivity contribution is -0.174. The van der Waals surface area contributed by atoms with Crippen molar-refractivity contribution in [1.82, 2.24) is 5.06 Å². The average Bonchev–Trinajstić information content (AvgIpc) is 3.03. The summed E-state index contributed by atoms with van der Waals surface area (Å²) in [5.74, 6) is -2.28. The molecule has 0 spiro atoms. The number of rotatable bonds is 7. The molecule has 1 aliphatic rings. The van der Waals surface area contributed by atoms with Crippen LogP contribution in [0.3, 0.4) is 0 Å². The smallest absolute Gasteiger partial charge is 0.329 e. The van der Waals surface area contributed by atoms with Crippen LogP contribution in [-0.2, 0) is 22.5 Å². The van der Waals surface area contributed by atoms with Gasteiger partial charge in [-0.25, -0.2) is 4.79 Å². The molecule has 0 aliphatic carbocycles. The summed E-state index contributed by atoms with van der Waals surface area (Å²) in [7, 11) is 0. The zero-order valence-electron chi connectivity index (χ0n) is 16.4. The van der Waals surface area contributed by atoms with E-state index >= 15 is 0 Å². The molecule has 3 aromatic carbocycles. The number of hydrogen-bond donors (Lipinski definition) is 0. The number of nitrogens with zero attached hydrogens (tertiary/aromatic N) is 1. The molecule has 3 aromatic rings. The van der Waals surface area contributed by atoms with Gasteiger partial charge in [0, 0.05) is 0 Å². The van der Waals surface area contributed by atoms with Gasteiger partial charge in [-0.05, 0) is 42.5 Å². The molecule has 150 valence electrons. The van der Waals surface area contributed by atoms with Gasteiger partial charge < -0.3 is 4.84 Å². The zero-order chi connectivity index (χ0) is 20.9. The van der Waals surface area contributed by atoms with Crippen LogP contribution in [0.2, 0.25) is 0 Å². The van der Waals surface area contributed by atoms with E-state index in [4.69, 9.17) is 4.84 Å². The predicted octanol–water partition coefficient (Wildman–Crippen LogP) is 4.23. The van der Waals surface area contributed by atoms with Crippen LogP contribution < -0.4 is 0 Å². The first-order valence-electron chi connectivity index (χ1n) is 9.91.